The van der Waals surface area contributed by atoms with Gasteiger partial charge in [0.15, 0.2) is 5.96 Å². The first kappa shape index (κ1) is 13.5. The molecule has 2 aliphatic rings. The molecule has 20 heavy (non-hydrogen) atoms. The molecule has 3 nitrogen and oxygen atoms in total. The van der Waals surface area contributed by atoms with Crippen LogP contribution < -0.4 is 10.6 Å². The van der Waals surface area contributed by atoms with Gasteiger partial charge in [-0.2, -0.15) is 0 Å². The van der Waals surface area contributed by atoms with E-state index in [1.807, 2.05) is 0 Å². The predicted octanol–water partition coefficient (Wildman–Crippen LogP) is 3.32. The first-order chi connectivity index (χ1) is 9.53. The van der Waals surface area contributed by atoms with Crippen LogP contribution in [0.25, 0.3) is 0 Å². The summed E-state index contributed by atoms with van der Waals surface area (Å²) in [7, 11) is 0. The Morgan fingerprint density at radius 2 is 2.10 bits per heavy atom. The molecule has 0 radical (unpaired) electrons. The maximum atomic E-state index is 6.25. The predicted molar refractivity (Wildman–Crippen MR) is 85.1 cm³/mol. The molecule has 108 valence electrons. The quantitative estimate of drug-likeness (QED) is 0.851. The molecule has 1 spiro atoms. The van der Waals surface area contributed by atoms with Gasteiger partial charge in [-0.3, -0.25) is 4.99 Å². The fourth-order valence-corrected chi connectivity index (χ4v) is 3.99. The van der Waals surface area contributed by atoms with E-state index in [-0.39, 0.29) is 5.54 Å². The Morgan fingerprint density at radius 3 is 2.85 bits per heavy atom. The Hall–Kier alpha value is -1.51. The third-order valence-electron chi connectivity index (χ3n) is 5.16. The molecule has 2 N–H and O–H groups in total. The van der Waals surface area contributed by atoms with Gasteiger partial charge in [-0.05, 0) is 49.3 Å². The molecule has 0 amide bonds. The Kier molecular flexibility index (Phi) is 3.23. The van der Waals surface area contributed by atoms with Crippen molar-refractivity contribution in [3.05, 3.63) is 29.8 Å². The van der Waals surface area contributed by atoms with Crippen LogP contribution in [0.1, 0.15) is 38.7 Å². The van der Waals surface area contributed by atoms with Crippen LogP contribution in [0, 0.1) is 18.8 Å². The van der Waals surface area contributed by atoms with Gasteiger partial charge in [0, 0.05) is 5.69 Å². The first-order valence-corrected chi connectivity index (χ1v) is 7.70. The van der Waals surface area contributed by atoms with Gasteiger partial charge in [-0.15, -0.1) is 0 Å². The van der Waals surface area contributed by atoms with Gasteiger partial charge in [0.2, 0.25) is 0 Å². The second-order valence-corrected chi connectivity index (χ2v) is 6.74. The summed E-state index contributed by atoms with van der Waals surface area (Å²) in [5.74, 6) is 2.07. The molecule has 0 aromatic heterocycles. The molecule has 1 heterocycles. The second kappa shape index (κ2) is 4.80. The molecule has 3 atom stereocenters. The molecule has 1 aromatic rings. The van der Waals surface area contributed by atoms with E-state index in [9.17, 15) is 0 Å². The lowest BCUT2D eigenvalue weighted by Crippen LogP contribution is -2.58. The van der Waals surface area contributed by atoms with Crippen LogP contribution in [0.4, 0.5) is 5.69 Å². The zero-order valence-corrected chi connectivity index (χ0v) is 12.8. The highest BCUT2D eigenvalue weighted by Crippen LogP contribution is 2.45. The van der Waals surface area contributed by atoms with Crippen molar-refractivity contribution in [2.45, 2.75) is 45.6 Å². The van der Waals surface area contributed by atoms with Crippen LogP contribution in [0.15, 0.2) is 29.3 Å². The molecule has 0 bridgehead atoms. The minimum atomic E-state index is 0.0928. The first-order valence-electron chi connectivity index (χ1n) is 7.70. The Bertz CT molecular complexity index is 537. The van der Waals surface area contributed by atoms with Crippen LogP contribution in [0.5, 0.6) is 0 Å². The van der Waals surface area contributed by atoms with Crippen LogP contribution in [0.2, 0.25) is 0 Å². The topological polar surface area (TPSA) is 41.6 Å². The number of anilines is 1. The Labute approximate surface area is 121 Å². The van der Waals surface area contributed by atoms with Gasteiger partial charge < -0.3 is 10.6 Å². The molecular formula is C17H25N3. The molecule has 1 aliphatic carbocycles. The summed E-state index contributed by atoms with van der Waals surface area (Å²) in [4.78, 5) is 6.93. The maximum absolute atomic E-state index is 6.25. The fourth-order valence-electron chi connectivity index (χ4n) is 3.99. The summed E-state index contributed by atoms with van der Waals surface area (Å²) in [6.45, 7) is 7.70. The molecular weight excluding hydrogens is 246 g/mol. The fraction of sp³-hybridized carbons (Fsp3) is 0.588. The van der Waals surface area contributed by atoms with Crippen molar-refractivity contribution in [3.8, 4) is 0 Å². The molecule has 3 rings (SSSR count). The van der Waals surface area contributed by atoms with Crippen molar-refractivity contribution in [3.63, 3.8) is 0 Å². The van der Waals surface area contributed by atoms with E-state index >= 15 is 0 Å². The second-order valence-electron chi connectivity index (χ2n) is 6.74. The summed E-state index contributed by atoms with van der Waals surface area (Å²) < 4.78 is 0. The standard InChI is InChI=1S/C17H25N3/c1-12-5-4-6-15(9-12)20-16(18)19-11-17(20)10-13(2)7-8-14(17)3/h4-6,9,13-14H,7-8,10-11H2,1-3H3,(H2,18,19). The van der Waals surface area contributed by atoms with E-state index in [1.165, 1.54) is 30.5 Å². The SMILES string of the molecule is Cc1cccc(N2C(N)=NCC23CC(C)CCC3C)c1. The number of guanidine groups is 1. The molecule has 1 fully saturated rings. The van der Waals surface area contributed by atoms with E-state index in [0.717, 1.165) is 12.5 Å². The highest BCUT2D eigenvalue weighted by molar-refractivity contribution is 5.98. The highest BCUT2D eigenvalue weighted by atomic mass is 15.4. The lowest BCUT2D eigenvalue weighted by atomic mass is 9.69. The van der Waals surface area contributed by atoms with E-state index in [0.29, 0.717) is 11.9 Å². The number of benzene rings is 1. The third-order valence-corrected chi connectivity index (χ3v) is 5.16. The highest BCUT2D eigenvalue weighted by Gasteiger charge is 2.49. The van der Waals surface area contributed by atoms with Crippen molar-refractivity contribution >= 4 is 11.6 Å². The van der Waals surface area contributed by atoms with E-state index in [1.54, 1.807) is 0 Å². The molecule has 3 heteroatoms. The van der Waals surface area contributed by atoms with Gasteiger partial charge in [-0.25, -0.2) is 0 Å². The summed E-state index contributed by atoms with van der Waals surface area (Å²) in [5.41, 5.74) is 8.81. The van der Waals surface area contributed by atoms with E-state index < -0.39 is 0 Å². The molecule has 1 saturated carbocycles. The number of nitrogens with two attached hydrogens (primary N) is 1. The average molecular weight is 271 g/mol. The molecule has 1 aliphatic heterocycles. The van der Waals surface area contributed by atoms with Crippen molar-refractivity contribution in [1.29, 1.82) is 0 Å². The average Bonchev–Trinajstić information content (AvgIpc) is 2.72. The number of hydrogen-bond donors (Lipinski definition) is 1. The lowest BCUT2D eigenvalue weighted by Gasteiger charge is -2.48. The largest absolute Gasteiger partial charge is 0.369 e. The van der Waals surface area contributed by atoms with Gasteiger partial charge in [0.05, 0.1) is 12.1 Å². The number of hydrogen-bond acceptors (Lipinski definition) is 3. The monoisotopic (exact) mass is 271 g/mol. The number of nitrogens with zero attached hydrogens (tertiary/aromatic N) is 2. The van der Waals surface area contributed by atoms with Gasteiger partial charge >= 0.3 is 0 Å². The van der Waals surface area contributed by atoms with Crippen molar-refractivity contribution in [2.24, 2.45) is 22.6 Å². The van der Waals surface area contributed by atoms with Gasteiger partial charge in [0.1, 0.15) is 0 Å². The Balaban J connectivity index is 2.03. The number of aliphatic imine (C=N–C) groups is 1. The molecule has 0 saturated heterocycles. The number of rotatable bonds is 1. The number of aryl methyl sites for hydroxylation is 1. The zero-order valence-electron chi connectivity index (χ0n) is 12.8. The van der Waals surface area contributed by atoms with Crippen LogP contribution in [0.3, 0.4) is 0 Å². The van der Waals surface area contributed by atoms with Crippen LogP contribution >= 0.6 is 0 Å². The van der Waals surface area contributed by atoms with Crippen molar-refractivity contribution < 1.29 is 0 Å². The van der Waals surface area contributed by atoms with Crippen LogP contribution in [-0.2, 0) is 0 Å². The van der Waals surface area contributed by atoms with Gasteiger partial charge in [-0.1, -0.05) is 32.4 Å². The minimum absolute atomic E-state index is 0.0928. The third kappa shape index (κ3) is 2.00. The summed E-state index contributed by atoms with van der Waals surface area (Å²) in [5, 5.41) is 0. The molecule has 3 unspecified atom stereocenters. The lowest BCUT2D eigenvalue weighted by molar-refractivity contribution is 0.178. The summed E-state index contributed by atoms with van der Waals surface area (Å²) in [6.07, 6.45) is 3.78. The minimum Gasteiger partial charge on any atom is -0.369 e. The van der Waals surface area contributed by atoms with E-state index in [4.69, 9.17) is 5.73 Å². The Morgan fingerprint density at radius 1 is 1.30 bits per heavy atom. The van der Waals surface area contributed by atoms with Crippen LogP contribution in [-0.4, -0.2) is 18.0 Å². The van der Waals surface area contributed by atoms with E-state index in [2.05, 4.69) is 54.9 Å². The normalized spacial score (nSPS) is 33.5. The summed E-state index contributed by atoms with van der Waals surface area (Å²) in [6, 6.07) is 8.63. The molecule has 1 aromatic carbocycles. The van der Waals surface area contributed by atoms with Crippen molar-refractivity contribution in [2.75, 3.05) is 11.4 Å². The summed E-state index contributed by atoms with van der Waals surface area (Å²) >= 11 is 0. The smallest absolute Gasteiger partial charge is 0.196 e. The maximum Gasteiger partial charge on any atom is 0.196 e. The van der Waals surface area contributed by atoms with Crippen molar-refractivity contribution in [1.82, 2.24) is 0 Å². The van der Waals surface area contributed by atoms with Gasteiger partial charge in [0.25, 0.3) is 0 Å². The zero-order chi connectivity index (χ0) is 14.3.